The van der Waals surface area contributed by atoms with Crippen molar-refractivity contribution >= 4 is 21.6 Å². The van der Waals surface area contributed by atoms with Crippen LogP contribution in [-0.4, -0.2) is 14.5 Å². The summed E-state index contributed by atoms with van der Waals surface area (Å²) >= 11 is 3.41. The molecule has 1 aromatic carbocycles. The molecule has 0 spiro atoms. The number of benzene rings is 1. The minimum absolute atomic E-state index is 0.138. The number of hydrogen-bond acceptors (Lipinski definition) is 3. The van der Waals surface area contributed by atoms with E-state index in [1.807, 2.05) is 28.8 Å². The fraction of sp³-hybridized carbons (Fsp3) is 0.0714. The Morgan fingerprint density at radius 2 is 2.11 bits per heavy atom. The van der Waals surface area contributed by atoms with Crippen molar-refractivity contribution in [1.82, 2.24) is 9.38 Å². The number of rotatable bonds is 3. The highest BCUT2D eigenvalue weighted by molar-refractivity contribution is 9.10. The van der Waals surface area contributed by atoms with Crippen LogP contribution in [0.25, 0.3) is 5.65 Å². The lowest BCUT2D eigenvalue weighted by molar-refractivity contribution is 0.284. The quantitative estimate of drug-likeness (QED) is 0.805. The number of pyridine rings is 1. The van der Waals surface area contributed by atoms with E-state index in [0.29, 0.717) is 12.4 Å². The van der Waals surface area contributed by atoms with Crippen LogP contribution in [0.3, 0.4) is 0 Å². The zero-order chi connectivity index (χ0) is 13.2. The molecule has 5 heteroatoms. The van der Waals surface area contributed by atoms with Crippen LogP contribution < -0.4 is 4.74 Å². The fourth-order valence-corrected chi connectivity index (χ4v) is 2.17. The zero-order valence-electron chi connectivity index (χ0n) is 9.95. The third-order valence-electron chi connectivity index (χ3n) is 2.79. The number of phenolic OH excluding ortho intramolecular Hbond substituents is 1. The monoisotopic (exact) mass is 318 g/mol. The molecule has 2 heterocycles. The Hall–Kier alpha value is -2.01. The van der Waals surface area contributed by atoms with Crippen LogP contribution in [0.1, 0.15) is 5.69 Å². The Kier molecular flexibility index (Phi) is 3.13. The predicted molar refractivity (Wildman–Crippen MR) is 75.3 cm³/mol. The SMILES string of the molecule is Oc1ccccc1OCc1cnc2cc(Br)ccn12. The van der Waals surface area contributed by atoms with E-state index < -0.39 is 0 Å². The number of para-hydroxylation sites is 2. The molecular formula is C14H11BrN2O2. The molecule has 0 amide bonds. The minimum atomic E-state index is 0.138. The van der Waals surface area contributed by atoms with Crippen molar-refractivity contribution in [3.05, 3.63) is 59.0 Å². The van der Waals surface area contributed by atoms with Crippen LogP contribution in [0, 0.1) is 0 Å². The fourth-order valence-electron chi connectivity index (χ4n) is 1.85. The van der Waals surface area contributed by atoms with Crippen LogP contribution in [0.5, 0.6) is 11.5 Å². The number of hydrogen-bond donors (Lipinski definition) is 1. The van der Waals surface area contributed by atoms with Gasteiger partial charge in [-0.05, 0) is 24.3 Å². The van der Waals surface area contributed by atoms with Gasteiger partial charge in [0.1, 0.15) is 12.3 Å². The Labute approximate surface area is 118 Å². The largest absolute Gasteiger partial charge is 0.504 e. The molecule has 0 aliphatic rings. The molecule has 3 rings (SSSR count). The van der Waals surface area contributed by atoms with Gasteiger partial charge >= 0.3 is 0 Å². The molecule has 0 fully saturated rings. The molecule has 0 aliphatic carbocycles. The van der Waals surface area contributed by atoms with Crippen molar-refractivity contribution in [1.29, 1.82) is 0 Å². The summed E-state index contributed by atoms with van der Waals surface area (Å²) < 4.78 is 8.53. The van der Waals surface area contributed by atoms with Crippen LogP contribution in [0.4, 0.5) is 0 Å². The maximum Gasteiger partial charge on any atom is 0.161 e. The molecule has 19 heavy (non-hydrogen) atoms. The zero-order valence-corrected chi connectivity index (χ0v) is 11.5. The first-order valence-electron chi connectivity index (χ1n) is 5.76. The Morgan fingerprint density at radius 1 is 1.26 bits per heavy atom. The summed E-state index contributed by atoms with van der Waals surface area (Å²) in [6.45, 7) is 0.348. The summed E-state index contributed by atoms with van der Waals surface area (Å²) in [7, 11) is 0. The van der Waals surface area contributed by atoms with Crippen LogP contribution >= 0.6 is 15.9 Å². The van der Waals surface area contributed by atoms with Crippen LogP contribution in [0.2, 0.25) is 0 Å². The van der Waals surface area contributed by atoms with Crippen molar-refractivity contribution in [3.8, 4) is 11.5 Å². The molecule has 1 N–H and O–H groups in total. The number of fused-ring (bicyclic) bond motifs is 1. The predicted octanol–water partition coefficient (Wildman–Crippen LogP) is 3.38. The number of aromatic hydroxyl groups is 1. The number of imidazole rings is 1. The van der Waals surface area contributed by atoms with Crippen molar-refractivity contribution in [2.75, 3.05) is 0 Å². The van der Waals surface area contributed by atoms with Crippen molar-refractivity contribution in [2.45, 2.75) is 6.61 Å². The summed E-state index contributed by atoms with van der Waals surface area (Å²) in [5, 5.41) is 9.64. The first-order valence-corrected chi connectivity index (χ1v) is 6.55. The van der Waals surface area contributed by atoms with E-state index in [9.17, 15) is 5.11 Å². The molecule has 0 unspecified atom stereocenters. The number of ether oxygens (including phenoxy) is 1. The number of aromatic nitrogens is 2. The smallest absolute Gasteiger partial charge is 0.161 e. The summed E-state index contributed by atoms with van der Waals surface area (Å²) in [4.78, 5) is 4.30. The summed E-state index contributed by atoms with van der Waals surface area (Å²) in [6, 6.07) is 10.8. The van der Waals surface area contributed by atoms with Gasteiger partial charge in [-0.25, -0.2) is 4.98 Å². The van der Waals surface area contributed by atoms with Gasteiger partial charge in [0.15, 0.2) is 11.5 Å². The first kappa shape index (κ1) is 12.0. The molecular weight excluding hydrogens is 308 g/mol. The van der Waals surface area contributed by atoms with E-state index in [0.717, 1.165) is 15.8 Å². The van der Waals surface area contributed by atoms with Crippen molar-refractivity contribution in [3.63, 3.8) is 0 Å². The molecule has 2 aromatic heterocycles. The van der Waals surface area contributed by atoms with E-state index in [-0.39, 0.29) is 5.75 Å². The molecule has 96 valence electrons. The second-order valence-electron chi connectivity index (χ2n) is 4.08. The van der Waals surface area contributed by atoms with E-state index >= 15 is 0 Å². The van der Waals surface area contributed by atoms with Gasteiger partial charge in [-0.15, -0.1) is 0 Å². The molecule has 0 radical (unpaired) electrons. The van der Waals surface area contributed by atoms with Crippen LogP contribution in [-0.2, 0) is 6.61 Å². The Morgan fingerprint density at radius 3 is 2.95 bits per heavy atom. The highest BCUT2D eigenvalue weighted by Gasteiger charge is 2.06. The average molecular weight is 319 g/mol. The van der Waals surface area contributed by atoms with E-state index in [4.69, 9.17) is 4.74 Å². The number of phenols is 1. The van der Waals surface area contributed by atoms with Gasteiger partial charge in [-0.2, -0.15) is 0 Å². The van der Waals surface area contributed by atoms with Gasteiger partial charge in [0.25, 0.3) is 0 Å². The Balaban J connectivity index is 1.84. The normalized spacial score (nSPS) is 10.8. The summed E-state index contributed by atoms with van der Waals surface area (Å²) in [5.41, 5.74) is 1.77. The van der Waals surface area contributed by atoms with Crippen LogP contribution in [0.15, 0.2) is 53.3 Å². The van der Waals surface area contributed by atoms with E-state index in [2.05, 4.69) is 20.9 Å². The number of halogens is 1. The van der Waals surface area contributed by atoms with Gasteiger partial charge < -0.3 is 14.2 Å². The average Bonchev–Trinajstić information content (AvgIpc) is 2.80. The molecule has 0 atom stereocenters. The maximum absolute atomic E-state index is 9.64. The lowest BCUT2D eigenvalue weighted by atomic mass is 10.3. The topological polar surface area (TPSA) is 46.8 Å². The lowest BCUT2D eigenvalue weighted by Crippen LogP contribution is -1.99. The highest BCUT2D eigenvalue weighted by Crippen LogP contribution is 2.25. The van der Waals surface area contributed by atoms with Gasteiger partial charge in [0, 0.05) is 10.7 Å². The molecule has 0 saturated heterocycles. The standard InChI is InChI=1S/C14H11BrN2O2/c15-10-5-6-17-11(8-16-14(17)7-10)9-19-13-4-2-1-3-12(13)18/h1-8,18H,9H2. The first-order chi connectivity index (χ1) is 9.24. The second kappa shape index (κ2) is 4.93. The summed E-state index contributed by atoms with van der Waals surface area (Å²) in [6.07, 6.45) is 3.69. The maximum atomic E-state index is 9.64. The third kappa shape index (κ3) is 2.42. The Bertz CT molecular complexity index is 724. The van der Waals surface area contributed by atoms with Gasteiger partial charge in [0.2, 0.25) is 0 Å². The minimum Gasteiger partial charge on any atom is -0.504 e. The van der Waals surface area contributed by atoms with Gasteiger partial charge in [-0.1, -0.05) is 28.1 Å². The summed E-state index contributed by atoms with van der Waals surface area (Å²) in [5.74, 6) is 0.605. The van der Waals surface area contributed by atoms with Gasteiger partial charge in [-0.3, -0.25) is 0 Å². The highest BCUT2D eigenvalue weighted by atomic mass is 79.9. The molecule has 0 saturated carbocycles. The molecule has 0 bridgehead atoms. The van der Waals surface area contributed by atoms with Gasteiger partial charge in [0.05, 0.1) is 11.9 Å². The third-order valence-corrected chi connectivity index (χ3v) is 3.29. The van der Waals surface area contributed by atoms with Crippen molar-refractivity contribution < 1.29 is 9.84 Å². The van der Waals surface area contributed by atoms with E-state index in [1.165, 1.54) is 0 Å². The van der Waals surface area contributed by atoms with E-state index in [1.54, 1.807) is 24.4 Å². The lowest BCUT2D eigenvalue weighted by Gasteiger charge is -2.07. The molecule has 4 nitrogen and oxygen atoms in total. The second-order valence-corrected chi connectivity index (χ2v) is 4.99. The van der Waals surface area contributed by atoms with Crippen molar-refractivity contribution in [2.24, 2.45) is 0 Å². The molecule has 0 aliphatic heterocycles. The number of nitrogens with zero attached hydrogens (tertiary/aromatic N) is 2. The molecule has 3 aromatic rings.